The molecule has 0 spiro atoms. The predicted molar refractivity (Wildman–Crippen MR) is 62.0 cm³/mol. The van der Waals surface area contributed by atoms with Gasteiger partial charge in [0.25, 0.3) is 0 Å². The van der Waals surface area contributed by atoms with Crippen LogP contribution in [0.4, 0.5) is 8.78 Å². The van der Waals surface area contributed by atoms with Crippen LogP contribution in [0, 0.1) is 11.6 Å². The maximum absolute atomic E-state index is 12.9. The fourth-order valence-electron chi connectivity index (χ4n) is 1.30. The van der Waals surface area contributed by atoms with E-state index < -0.39 is 21.7 Å². The monoisotopic (exact) mass is 286 g/mol. The molecule has 0 amide bonds. The third-order valence-corrected chi connectivity index (χ3v) is 2.99. The number of sulfonamides is 1. The van der Waals surface area contributed by atoms with Crippen LogP contribution in [-0.2, 0) is 10.0 Å². The molecular weight excluding hydrogens is 278 g/mol. The van der Waals surface area contributed by atoms with Crippen LogP contribution in [-0.4, -0.2) is 13.4 Å². The van der Waals surface area contributed by atoms with Crippen LogP contribution in [0.15, 0.2) is 41.4 Å². The number of ether oxygens (including phenoxy) is 1. The minimum absolute atomic E-state index is 0.0163. The van der Waals surface area contributed by atoms with E-state index in [0.29, 0.717) is 6.07 Å². The third-order valence-electron chi connectivity index (χ3n) is 2.10. The van der Waals surface area contributed by atoms with Gasteiger partial charge in [-0.1, -0.05) is 0 Å². The van der Waals surface area contributed by atoms with Crippen molar-refractivity contribution in [1.29, 1.82) is 0 Å². The lowest BCUT2D eigenvalue weighted by atomic mass is 10.3. The molecule has 0 radical (unpaired) electrons. The number of hydrogen-bond acceptors (Lipinski definition) is 4. The smallest absolute Gasteiger partial charge is 0.239 e. The van der Waals surface area contributed by atoms with Crippen LogP contribution in [0.25, 0.3) is 0 Å². The van der Waals surface area contributed by atoms with Crippen molar-refractivity contribution in [3.63, 3.8) is 0 Å². The Morgan fingerprint density at radius 2 is 1.74 bits per heavy atom. The fourth-order valence-corrected chi connectivity index (χ4v) is 1.76. The van der Waals surface area contributed by atoms with Crippen LogP contribution < -0.4 is 9.88 Å². The summed E-state index contributed by atoms with van der Waals surface area (Å²) < 4.78 is 52.9. The topological polar surface area (TPSA) is 82.3 Å². The number of nitrogens with zero attached hydrogens (tertiary/aromatic N) is 1. The number of primary sulfonamides is 1. The summed E-state index contributed by atoms with van der Waals surface area (Å²) in [6.45, 7) is 0. The zero-order valence-corrected chi connectivity index (χ0v) is 10.2. The second-order valence-electron chi connectivity index (χ2n) is 3.58. The van der Waals surface area contributed by atoms with Gasteiger partial charge in [0.15, 0.2) is 0 Å². The second-order valence-corrected chi connectivity index (χ2v) is 5.15. The average Bonchev–Trinajstić information content (AvgIpc) is 2.26. The van der Waals surface area contributed by atoms with E-state index in [1.807, 2.05) is 0 Å². The molecule has 0 bridgehead atoms. The number of benzene rings is 1. The summed E-state index contributed by atoms with van der Waals surface area (Å²) in [6, 6.07) is 5.04. The molecule has 0 aliphatic heterocycles. The Morgan fingerprint density at radius 1 is 1.11 bits per heavy atom. The molecule has 100 valence electrons. The van der Waals surface area contributed by atoms with E-state index >= 15 is 0 Å². The molecule has 5 nitrogen and oxygen atoms in total. The van der Waals surface area contributed by atoms with E-state index in [-0.39, 0.29) is 16.5 Å². The normalized spacial score (nSPS) is 11.3. The van der Waals surface area contributed by atoms with Crippen molar-refractivity contribution < 1.29 is 21.9 Å². The summed E-state index contributed by atoms with van der Waals surface area (Å²) in [5.74, 6) is -1.70. The average molecular weight is 286 g/mol. The van der Waals surface area contributed by atoms with Crippen molar-refractivity contribution >= 4 is 10.0 Å². The van der Waals surface area contributed by atoms with Gasteiger partial charge in [-0.25, -0.2) is 27.3 Å². The summed E-state index contributed by atoms with van der Waals surface area (Å²) in [4.78, 5) is 3.48. The van der Waals surface area contributed by atoms with Gasteiger partial charge >= 0.3 is 0 Å². The zero-order chi connectivity index (χ0) is 14.0. The van der Waals surface area contributed by atoms with Gasteiger partial charge in [0.1, 0.15) is 22.3 Å². The quantitative estimate of drug-likeness (QED) is 0.932. The highest BCUT2D eigenvalue weighted by Crippen LogP contribution is 2.22. The second kappa shape index (κ2) is 4.90. The molecule has 19 heavy (non-hydrogen) atoms. The van der Waals surface area contributed by atoms with Crippen LogP contribution in [0.1, 0.15) is 0 Å². The van der Waals surface area contributed by atoms with Gasteiger partial charge in [-0.3, -0.25) is 0 Å². The molecule has 0 unspecified atom stereocenters. The van der Waals surface area contributed by atoms with E-state index in [9.17, 15) is 17.2 Å². The Hall–Kier alpha value is -2.06. The van der Waals surface area contributed by atoms with Crippen LogP contribution in [0.2, 0.25) is 0 Å². The van der Waals surface area contributed by atoms with Gasteiger partial charge in [-0.05, 0) is 6.07 Å². The predicted octanol–water partition coefficient (Wildman–Crippen LogP) is 1.80. The van der Waals surface area contributed by atoms with Gasteiger partial charge < -0.3 is 4.74 Å². The number of aromatic nitrogens is 1. The Balaban J connectivity index is 2.24. The SMILES string of the molecule is NS(=O)(=O)c1ccc(Oc2cc(F)cc(F)c2)nc1. The van der Waals surface area contributed by atoms with Gasteiger partial charge in [0.05, 0.1) is 6.20 Å². The molecule has 1 heterocycles. The molecule has 1 aromatic heterocycles. The standard InChI is InChI=1S/C11H8F2N2O3S/c12-7-3-8(13)5-9(4-7)18-11-2-1-10(6-15-11)19(14,16)17/h1-6H,(H2,14,16,17). The lowest BCUT2D eigenvalue weighted by Crippen LogP contribution is -2.12. The number of nitrogens with two attached hydrogens (primary N) is 1. The first-order chi connectivity index (χ1) is 8.84. The van der Waals surface area contributed by atoms with Gasteiger partial charge in [0.2, 0.25) is 15.9 Å². The molecule has 0 saturated carbocycles. The summed E-state index contributed by atoms with van der Waals surface area (Å²) in [5, 5.41) is 4.89. The molecule has 2 rings (SSSR count). The van der Waals surface area contributed by atoms with Crippen molar-refractivity contribution in [2.24, 2.45) is 5.14 Å². The maximum Gasteiger partial charge on any atom is 0.239 e. The molecule has 0 aliphatic carbocycles. The summed E-state index contributed by atoms with van der Waals surface area (Å²) >= 11 is 0. The van der Waals surface area contributed by atoms with E-state index in [2.05, 4.69) is 4.98 Å². The first-order valence-corrected chi connectivity index (χ1v) is 6.52. The number of hydrogen-bond donors (Lipinski definition) is 1. The molecule has 0 saturated heterocycles. The van der Waals surface area contributed by atoms with Crippen molar-refractivity contribution in [3.05, 3.63) is 48.2 Å². The number of rotatable bonds is 3. The van der Waals surface area contributed by atoms with Gasteiger partial charge in [-0.2, -0.15) is 0 Å². The maximum atomic E-state index is 12.9. The molecule has 2 N–H and O–H groups in total. The highest BCUT2D eigenvalue weighted by atomic mass is 32.2. The molecule has 0 atom stereocenters. The lowest BCUT2D eigenvalue weighted by Gasteiger charge is -2.05. The van der Waals surface area contributed by atoms with E-state index in [0.717, 1.165) is 18.3 Å². The minimum Gasteiger partial charge on any atom is -0.439 e. The van der Waals surface area contributed by atoms with E-state index in [1.165, 1.54) is 12.1 Å². The molecule has 8 heteroatoms. The zero-order valence-electron chi connectivity index (χ0n) is 9.38. The van der Waals surface area contributed by atoms with Crippen LogP contribution in [0.3, 0.4) is 0 Å². The Bertz CT molecular complexity index is 682. The van der Waals surface area contributed by atoms with Crippen LogP contribution in [0.5, 0.6) is 11.6 Å². The summed E-state index contributed by atoms with van der Waals surface area (Å²) in [6.07, 6.45) is 0.986. The Morgan fingerprint density at radius 3 is 2.21 bits per heavy atom. The summed E-state index contributed by atoms with van der Waals surface area (Å²) in [5.41, 5.74) is 0. The minimum atomic E-state index is -3.84. The molecule has 0 fully saturated rings. The van der Waals surface area contributed by atoms with E-state index in [4.69, 9.17) is 9.88 Å². The van der Waals surface area contributed by atoms with Crippen LogP contribution >= 0.6 is 0 Å². The lowest BCUT2D eigenvalue weighted by molar-refractivity contribution is 0.450. The molecular formula is C11H8F2N2O3S. The number of pyridine rings is 1. The van der Waals surface area contributed by atoms with Gasteiger partial charge in [0, 0.05) is 24.3 Å². The highest BCUT2D eigenvalue weighted by Gasteiger charge is 2.09. The summed E-state index contributed by atoms with van der Waals surface area (Å²) in [7, 11) is -3.84. The van der Waals surface area contributed by atoms with Crippen molar-refractivity contribution in [2.75, 3.05) is 0 Å². The first kappa shape index (κ1) is 13.4. The number of halogens is 2. The van der Waals surface area contributed by atoms with Crippen molar-refractivity contribution in [1.82, 2.24) is 4.98 Å². The molecule has 2 aromatic rings. The van der Waals surface area contributed by atoms with Crippen molar-refractivity contribution in [2.45, 2.75) is 4.90 Å². The highest BCUT2D eigenvalue weighted by molar-refractivity contribution is 7.89. The molecule has 0 aliphatic rings. The van der Waals surface area contributed by atoms with Gasteiger partial charge in [-0.15, -0.1) is 0 Å². The molecule has 1 aromatic carbocycles. The third kappa shape index (κ3) is 3.46. The fraction of sp³-hybridized carbons (Fsp3) is 0. The Labute approximate surface area is 107 Å². The van der Waals surface area contributed by atoms with E-state index in [1.54, 1.807) is 0 Å². The Kier molecular flexibility index (Phi) is 3.45. The largest absolute Gasteiger partial charge is 0.439 e. The first-order valence-electron chi connectivity index (χ1n) is 4.97. The van der Waals surface area contributed by atoms with Crippen molar-refractivity contribution in [3.8, 4) is 11.6 Å².